The molecule has 1 fully saturated rings. The Kier molecular flexibility index (Phi) is 4.47. The Morgan fingerprint density at radius 3 is 2.74 bits per heavy atom. The van der Waals surface area contributed by atoms with Crippen LogP contribution in [0.1, 0.15) is 31.2 Å². The summed E-state index contributed by atoms with van der Waals surface area (Å²) < 4.78 is 40.4. The van der Waals surface area contributed by atoms with E-state index in [1.807, 2.05) is 0 Å². The highest BCUT2D eigenvalue weighted by Gasteiger charge is 2.39. The molecule has 5 heteroatoms. The molecule has 0 saturated heterocycles. The third-order valence-corrected chi connectivity index (χ3v) is 3.86. The van der Waals surface area contributed by atoms with Crippen molar-refractivity contribution >= 4 is 0 Å². The highest BCUT2D eigenvalue weighted by atomic mass is 19.3. The summed E-state index contributed by atoms with van der Waals surface area (Å²) in [5.74, 6) is 2.33. The highest BCUT2D eigenvalue weighted by Crippen LogP contribution is 2.38. The summed E-state index contributed by atoms with van der Waals surface area (Å²) in [5.41, 5.74) is 3.10. The second kappa shape index (κ2) is 5.92. The number of hydrogen-bond acceptors (Lipinski definition) is 2. The van der Waals surface area contributed by atoms with Crippen molar-refractivity contribution in [3.05, 3.63) is 35.6 Å². The molecular weight excluding hydrogens is 253 g/mol. The molecule has 0 bridgehead atoms. The Bertz CT molecular complexity index is 423. The third-order valence-electron chi connectivity index (χ3n) is 3.86. The first-order valence-corrected chi connectivity index (χ1v) is 6.59. The van der Waals surface area contributed by atoms with Gasteiger partial charge in [0, 0.05) is 18.9 Å². The number of hydrogen-bond donors (Lipinski definition) is 2. The Morgan fingerprint density at radius 2 is 2.11 bits per heavy atom. The predicted octanol–water partition coefficient (Wildman–Crippen LogP) is 3.03. The fraction of sp³-hybridized carbons (Fsp3) is 0.571. The summed E-state index contributed by atoms with van der Waals surface area (Å²) in [6, 6.07) is 6.07. The van der Waals surface area contributed by atoms with Crippen LogP contribution in [0.4, 0.5) is 13.2 Å². The molecule has 2 nitrogen and oxygen atoms in total. The normalized spacial score (nSPS) is 24.1. The summed E-state index contributed by atoms with van der Waals surface area (Å²) in [5, 5.41) is 0. The molecule has 1 aliphatic carbocycles. The number of rotatable bonds is 4. The minimum absolute atomic E-state index is 0.0551. The van der Waals surface area contributed by atoms with Gasteiger partial charge in [0.1, 0.15) is 5.82 Å². The van der Waals surface area contributed by atoms with Crippen LogP contribution in [0.25, 0.3) is 0 Å². The quantitative estimate of drug-likeness (QED) is 0.653. The Labute approximate surface area is 111 Å². The molecule has 0 heterocycles. The van der Waals surface area contributed by atoms with Crippen LogP contribution >= 0.6 is 0 Å². The van der Waals surface area contributed by atoms with Crippen LogP contribution < -0.4 is 11.3 Å². The summed E-state index contributed by atoms with van der Waals surface area (Å²) in [7, 11) is 0. The van der Waals surface area contributed by atoms with E-state index < -0.39 is 5.92 Å². The molecular formula is C14H19F3N2. The van der Waals surface area contributed by atoms with Gasteiger partial charge in [0.25, 0.3) is 0 Å². The molecule has 1 aromatic carbocycles. The molecule has 1 saturated carbocycles. The van der Waals surface area contributed by atoms with Crippen LogP contribution in [-0.2, 0) is 6.42 Å². The summed E-state index contributed by atoms with van der Waals surface area (Å²) in [4.78, 5) is 0. The van der Waals surface area contributed by atoms with Crippen LogP contribution in [0.2, 0.25) is 0 Å². The highest BCUT2D eigenvalue weighted by molar-refractivity contribution is 5.18. The lowest BCUT2D eigenvalue weighted by Crippen LogP contribution is -2.46. The minimum Gasteiger partial charge on any atom is -0.271 e. The van der Waals surface area contributed by atoms with Crippen LogP contribution in [0.5, 0.6) is 0 Å². The van der Waals surface area contributed by atoms with Crippen molar-refractivity contribution in [3.63, 3.8) is 0 Å². The first-order chi connectivity index (χ1) is 9.02. The monoisotopic (exact) mass is 272 g/mol. The van der Waals surface area contributed by atoms with Gasteiger partial charge >= 0.3 is 0 Å². The topological polar surface area (TPSA) is 38.0 Å². The first-order valence-electron chi connectivity index (χ1n) is 6.59. The predicted molar refractivity (Wildman–Crippen MR) is 68.1 cm³/mol. The van der Waals surface area contributed by atoms with Gasteiger partial charge < -0.3 is 0 Å². The van der Waals surface area contributed by atoms with E-state index >= 15 is 0 Å². The third kappa shape index (κ3) is 3.70. The Hall–Kier alpha value is -1.07. The molecule has 0 amide bonds. The van der Waals surface area contributed by atoms with Crippen LogP contribution in [-0.4, -0.2) is 12.0 Å². The summed E-state index contributed by atoms with van der Waals surface area (Å²) in [6.45, 7) is 0. The van der Waals surface area contributed by atoms with Gasteiger partial charge in [-0.3, -0.25) is 11.3 Å². The van der Waals surface area contributed by atoms with Gasteiger partial charge in [-0.25, -0.2) is 13.2 Å². The molecule has 2 unspecified atom stereocenters. The molecule has 0 radical (unpaired) electrons. The second-order valence-electron chi connectivity index (χ2n) is 5.28. The van der Waals surface area contributed by atoms with Crippen LogP contribution in [0, 0.1) is 11.7 Å². The minimum atomic E-state index is -2.62. The molecule has 0 aromatic heterocycles. The SMILES string of the molecule is NNC(Cc1ccccc1F)C1CCCC(F)(F)C1. The molecule has 1 aromatic rings. The standard InChI is InChI=1S/C14H19F3N2/c15-12-6-2-1-4-10(12)8-13(19-18)11-5-3-7-14(16,17)9-11/h1-2,4,6,11,13,19H,3,5,7-9,18H2. The van der Waals surface area contributed by atoms with Gasteiger partial charge in [0.15, 0.2) is 0 Å². The fourth-order valence-corrected chi connectivity index (χ4v) is 2.82. The number of nitrogens with two attached hydrogens (primary N) is 1. The lowest BCUT2D eigenvalue weighted by Gasteiger charge is -2.34. The molecule has 2 atom stereocenters. The van der Waals surface area contributed by atoms with Crippen molar-refractivity contribution in [2.75, 3.05) is 0 Å². The van der Waals surface area contributed by atoms with Gasteiger partial charge in [0.05, 0.1) is 0 Å². The van der Waals surface area contributed by atoms with E-state index in [0.29, 0.717) is 24.8 Å². The average molecular weight is 272 g/mol. The zero-order chi connectivity index (χ0) is 13.9. The molecule has 3 N–H and O–H groups in total. The van der Waals surface area contributed by atoms with Crippen molar-refractivity contribution in [2.24, 2.45) is 11.8 Å². The molecule has 19 heavy (non-hydrogen) atoms. The van der Waals surface area contributed by atoms with E-state index in [4.69, 9.17) is 5.84 Å². The number of halogens is 3. The summed E-state index contributed by atoms with van der Waals surface area (Å²) >= 11 is 0. The van der Waals surface area contributed by atoms with Crippen LogP contribution in [0.15, 0.2) is 24.3 Å². The van der Waals surface area contributed by atoms with E-state index in [1.165, 1.54) is 6.07 Å². The number of nitrogens with one attached hydrogen (secondary N) is 1. The maximum absolute atomic E-state index is 13.6. The molecule has 1 aliphatic rings. The van der Waals surface area contributed by atoms with Gasteiger partial charge in [0.2, 0.25) is 5.92 Å². The Morgan fingerprint density at radius 1 is 1.37 bits per heavy atom. The molecule has 0 aliphatic heterocycles. The Balaban J connectivity index is 2.06. The lowest BCUT2D eigenvalue weighted by atomic mass is 9.80. The average Bonchev–Trinajstić information content (AvgIpc) is 2.36. The van der Waals surface area contributed by atoms with Crippen molar-refractivity contribution in [1.29, 1.82) is 0 Å². The van der Waals surface area contributed by atoms with E-state index in [-0.39, 0.29) is 30.6 Å². The van der Waals surface area contributed by atoms with Crippen molar-refractivity contribution in [2.45, 2.75) is 44.1 Å². The van der Waals surface area contributed by atoms with E-state index in [0.717, 1.165) is 0 Å². The van der Waals surface area contributed by atoms with Crippen LogP contribution in [0.3, 0.4) is 0 Å². The number of benzene rings is 1. The maximum atomic E-state index is 13.6. The summed E-state index contributed by atoms with van der Waals surface area (Å²) in [6.07, 6.45) is 1.31. The van der Waals surface area contributed by atoms with E-state index in [9.17, 15) is 13.2 Å². The molecule has 0 spiro atoms. The van der Waals surface area contributed by atoms with Gasteiger partial charge in [-0.15, -0.1) is 0 Å². The zero-order valence-corrected chi connectivity index (χ0v) is 10.7. The largest absolute Gasteiger partial charge is 0.271 e. The van der Waals surface area contributed by atoms with Gasteiger partial charge in [-0.05, 0) is 36.8 Å². The van der Waals surface area contributed by atoms with Crippen molar-refractivity contribution in [3.8, 4) is 0 Å². The van der Waals surface area contributed by atoms with Crippen molar-refractivity contribution in [1.82, 2.24) is 5.43 Å². The fourth-order valence-electron chi connectivity index (χ4n) is 2.82. The molecule has 2 rings (SSSR count). The van der Waals surface area contributed by atoms with Crippen molar-refractivity contribution < 1.29 is 13.2 Å². The van der Waals surface area contributed by atoms with Gasteiger partial charge in [-0.1, -0.05) is 18.2 Å². The van der Waals surface area contributed by atoms with E-state index in [2.05, 4.69) is 5.43 Å². The smallest absolute Gasteiger partial charge is 0.248 e. The second-order valence-corrected chi connectivity index (χ2v) is 5.28. The maximum Gasteiger partial charge on any atom is 0.248 e. The number of hydrazine groups is 1. The zero-order valence-electron chi connectivity index (χ0n) is 10.7. The number of alkyl halides is 2. The first kappa shape index (κ1) is 14.3. The molecule has 106 valence electrons. The lowest BCUT2D eigenvalue weighted by molar-refractivity contribution is -0.0581. The van der Waals surface area contributed by atoms with E-state index in [1.54, 1.807) is 18.2 Å². The van der Waals surface area contributed by atoms with Gasteiger partial charge in [-0.2, -0.15) is 0 Å².